The van der Waals surface area contributed by atoms with Crippen LogP contribution in [0.1, 0.15) is 52.7 Å². The van der Waals surface area contributed by atoms with Crippen molar-refractivity contribution in [2.75, 3.05) is 26.7 Å². The molecule has 0 atom stereocenters. The zero-order valence-electron chi connectivity index (χ0n) is 24.0. The molecular weight excluding hydrogens is 539 g/mol. The lowest BCUT2D eigenvalue weighted by Crippen LogP contribution is -2.33. The molecule has 0 aliphatic carbocycles. The zero-order valence-corrected chi connectivity index (χ0v) is 25.0. The summed E-state index contributed by atoms with van der Waals surface area (Å²) < 4.78 is 43.4. The Hall–Kier alpha value is -3.27. The fraction of sp³-hybridized carbons (Fsp3) is 0.500. The molecule has 0 spiro atoms. The average molecular weight is 581 g/mol. The topological polar surface area (TPSA) is 131 Å². The highest BCUT2D eigenvalue weighted by Gasteiger charge is 2.16. The molecule has 222 valence electrons. The number of alkyl carbamates (subject to hydrolysis) is 2. The van der Waals surface area contributed by atoms with Crippen LogP contribution in [0.4, 0.5) is 9.59 Å². The van der Waals surface area contributed by atoms with Crippen LogP contribution in [0.15, 0.2) is 48.5 Å². The number of amides is 2. The van der Waals surface area contributed by atoms with Gasteiger partial charge in [0, 0.05) is 13.1 Å². The monoisotopic (exact) mass is 580 g/mol. The Morgan fingerprint density at radius 2 is 1.00 bits per heavy atom. The Morgan fingerprint density at radius 1 is 0.650 bits per heavy atom. The first-order valence-corrected chi connectivity index (χ1v) is 14.2. The molecule has 0 heterocycles. The van der Waals surface area contributed by atoms with Crippen LogP contribution in [0.25, 0.3) is 0 Å². The second-order valence-electron chi connectivity index (χ2n) is 10.7. The van der Waals surface area contributed by atoms with Crippen LogP contribution in [0, 0.1) is 0 Å². The van der Waals surface area contributed by atoms with E-state index in [2.05, 4.69) is 10.6 Å². The van der Waals surface area contributed by atoms with Crippen molar-refractivity contribution < 1.29 is 42.1 Å². The summed E-state index contributed by atoms with van der Waals surface area (Å²) in [5, 5.41) is 5.42. The van der Waals surface area contributed by atoms with E-state index in [9.17, 15) is 14.2 Å². The predicted molar refractivity (Wildman–Crippen MR) is 151 cm³/mol. The van der Waals surface area contributed by atoms with Crippen LogP contribution < -0.4 is 20.1 Å². The average Bonchev–Trinajstić information content (AvgIpc) is 2.84. The van der Waals surface area contributed by atoms with Crippen LogP contribution in [0.3, 0.4) is 0 Å². The Kier molecular flexibility index (Phi) is 13.3. The van der Waals surface area contributed by atoms with Crippen LogP contribution in [0.5, 0.6) is 11.5 Å². The molecule has 40 heavy (non-hydrogen) atoms. The molecule has 2 amide bonds. The van der Waals surface area contributed by atoms with Crippen molar-refractivity contribution in [3.05, 3.63) is 59.7 Å². The van der Waals surface area contributed by atoms with Gasteiger partial charge in [0.1, 0.15) is 22.7 Å². The van der Waals surface area contributed by atoms with Crippen molar-refractivity contribution in [1.29, 1.82) is 0 Å². The van der Waals surface area contributed by atoms with E-state index >= 15 is 0 Å². The molecule has 0 fully saturated rings. The summed E-state index contributed by atoms with van der Waals surface area (Å²) in [6, 6.07) is 14.5. The number of hydrogen-bond acceptors (Lipinski definition) is 9. The molecule has 0 unspecified atom stereocenters. The van der Waals surface area contributed by atoms with Crippen molar-refractivity contribution in [2.45, 2.75) is 65.6 Å². The maximum atomic E-state index is 11.9. The molecular formula is C28H41N2O9P. The fourth-order valence-electron chi connectivity index (χ4n) is 3.08. The van der Waals surface area contributed by atoms with Crippen molar-refractivity contribution in [3.8, 4) is 11.5 Å². The molecule has 0 bridgehead atoms. The number of benzene rings is 2. The minimum Gasteiger partial charge on any atom is -0.467 e. The SMILES string of the molecule is CC(C)(C)OC(=O)NCCc1ccc(OCO[PH](=O)OCOc2ccc(CCNC(=O)OC(C)(C)C)cc2)cc1. The molecule has 0 radical (unpaired) electrons. The number of hydrogen-bond donors (Lipinski definition) is 2. The van der Waals surface area contributed by atoms with Crippen molar-refractivity contribution in [3.63, 3.8) is 0 Å². The number of carbonyl (C=O) groups excluding carboxylic acids is 2. The standard InChI is InChI=1S/C28H41N2O9P/c1-27(2,3)38-25(31)29-17-15-21-7-11-23(12-8-21)34-19-36-40(33)37-20-35-24-13-9-22(10-14-24)16-18-30-26(32)39-28(4,5)6/h7-14,40H,15-20H2,1-6H3,(H,29,31)(H,30,32). The van der Waals surface area contributed by atoms with E-state index in [1.807, 2.05) is 65.8 Å². The fourth-order valence-corrected chi connectivity index (χ4v) is 3.48. The van der Waals surface area contributed by atoms with E-state index in [0.717, 1.165) is 11.1 Å². The minimum absolute atomic E-state index is 0.247. The Bertz CT molecular complexity index is 993. The second kappa shape index (κ2) is 16.1. The van der Waals surface area contributed by atoms with Gasteiger partial charge in [-0.15, -0.1) is 0 Å². The van der Waals surface area contributed by atoms with Crippen LogP contribution >= 0.6 is 8.25 Å². The molecule has 11 nitrogen and oxygen atoms in total. The third-order valence-electron chi connectivity index (χ3n) is 4.82. The van der Waals surface area contributed by atoms with Gasteiger partial charge in [0.25, 0.3) is 0 Å². The largest absolute Gasteiger partial charge is 0.467 e. The zero-order chi connectivity index (χ0) is 29.6. The van der Waals surface area contributed by atoms with Crippen molar-refractivity contribution in [2.24, 2.45) is 0 Å². The van der Waals surface area contributed by atoms with Gasteiger partial charge in [-0.3, -0.25) is 13.6 Å². The van der Waals surface area contributed by atoms with E-state index in [-0.39, 0.29) is 13.6 Å². The minimum atomic E-state index is -2.81. The van der Waals surface area contributed by atoms with Crippen LogP contribution in [0.2, 0.25) is 0 Å². The molecule has 12 heteroatoms. The van der Waals surface area contributed by atoms with Gasteiger partial charge in [0.2, 0.25) is 0 Å². The van der Waals surface area contributed by atoms with E-state index in [0.29, 0.717) is 37.4 Å². The van der Waals surface area contributed by atoms with Gasteiger partial charge in [-0.1, -0.05) is 24.3 Å². The smallest absolute Gasteiger partial charge is 0.407 e. The van der Waals surface area contributed by atoms with Crippen molar-refractivity contribution in [1.82, 2.24) is 10.6 Å². The van der Waals surface area contributed by atoms with Gasteiger partial charge < -0.3 is 29.6 Å². The molecule has 0 aromatic heterocycles. The molecule has 2 N–H and O–H groups in total. The molecule has 0 aliphatic heterocycles. The summed E-state index contributed by atoms with van der Waals surface area (Å²) >= 11 is 0. The predicted octanol–water partition coefficient (Wildman–Crippen LogP) is 5.62. The number of ether oxygens (including phenoxy) is 4. The van der Waals surface area contributed by atoms with Gasteiger partial charge in [0.05, 0.1) is 0 Å². The summed E-state index contributed by atoms with van der Waals surface area (Å²) in [6.45, 7) is 11.3. The third kappa shape index (κ3) is 15.4. The first-order valence-electron chi connectivity index (χ1n) is 13.0. The molecule has 2 aromatic rings. The first-order chi connectivity index (χ1) is 18.8. The Morgan fingerprint density at radius 3 is 1.32 bits per heavy atom. The highest BCUT2D eigenvalue weighted by atomic mass is 31.1. The summed E-state index contributed by atoms with van der Waals surface area (Å²) in [6.07, 6.45) is 0.357. The molecule has 0 aliphatic rings. The van der Waals surface area contributed by atoms with Gasteiger partial charge in [0.15, 0.2) is 13.6 Å². The third-order valence-corrected chi connectivity index (χ3v) is 5.52. The van der Waals surface area contributed by atoms with E-state index in [1.54, 1.807) is 24.3 Å². The molecule has 2 rings (SSSR count). The highest BCUT2D eigenvalue weighted by molar-refractivity contribution is 7.33. The van der Waals surface area contributed by atoms with Gasteiger partial charge in [-0.05, 0) is 89.8 Å². The highest BCUT2D eigenvalue weighted by Crippen LogP contribution is 2.25. The molecule has 0 saturated carbocycles. The van der Waals surface area contributed by atoms with Crippen LogP contribution in [-0.2, 0) is 35.9 Å². The van der Waals surface area contributed by atoms with E-state index in [1.165, 1.54) is 0 Å². The lowest BCUT2D eigenvalue weighted by molar-refractivity contribution is 0.0517. The number of rotatable bonds is 14. The molecule has 0 saturated heterocycles. The van der Waals surface area contributed by atoms with E-state index in [4.69, 9.17) is 28.0 Å². The van der Waals surface area contributed by atoms with Crippen molar-refractivity contribution >= 4 is 20.4 Å². The Balaban J connectivity index is 1.57. The van der Waals surface area contributed by atoms with E-state index < -0.39 is 31.6 Å². The lowest BCUT2D eigenvalue weighted by atomic mass is 10.1. The van der Waals surface area contributed by atoms with Crippen LogP contribution in [-0.4, -0.2) is 50.1 Å². The number of carbonyl (C=O) groups is 2. The Labute approximate surface area is 236 Å². The maximum absolute atomic E-state index is 11.9. The summed E-state index contributed by atoms with van der Waals surface area (Å²) in [7, 11) is -2.81. The summed E-state index contributed by atoms with van der Waals surface area (Å²) in [5.74, 6) is 1.08. The quantitative estimate of drug-likeness (QED) is 0.216. The van der Waals surface area contributed by atoms with Gasteiger partial charge in [-0.2, -0.15) is 0 Å². The number of nitrogens with one attached hydrogen (secondary N) is 2. The molecule has 2 aromatic carbocycles. The summed E-state index contributed by atoms with van der Waals surface area (Å²) in [5.41, 5.74) is 0.937. The summed E-state index contributed by atoms with van der Waals surface area (Å²) in [4.78, 5) is 23.4. The maximum Gasteiger partial charge on any atom is 0.407 e. The normalized spacial score (nSPS) is 11.6. The second-order valence-corrected chi connectivity index (χ2v) is 11.8. The first kappa shape index (κ1) is 32.9. The van der Waals surface area contributed by atoms with Gasteiger partial charge in [-0.25, -0.2) is 9.59 Å². The lowest BCUT2D eigenvalue weighted by Gasteiger charge is -2.19. The van der Waals surface area contributed by atoms with Gasteiger partial charge >= 0.3 is 20.4 Å².